The smallest absolute Gasteiger partial charge is 0.0585 e. The van der Waals surface area contributed by atoms with Gasteiger partial charge in [0.2, 0.25) is 0 Å². The SMILES string of the molecule is CCC=CCC=CCC=CCC=CCC=CCCCCCC(O)CC(C)=S. The molecule has 1 N–H and O–H groups in total. The Labute approximate surface area is 173 Å². The standard InChI is InChI=1S/C25H40OS/c1-3-4-5-6-7-8-9-10-11-12-13-14-15-16-17-18-19-20-21-22-25(26)23-24(2)27/h4-5,7-8,10-11,13-14,16-17,25-26H,3,6,9,12,15,18-23H2,1-2H3. The molecule has 0 aliphatic rings. The van der Waals surface area contributed by atoms with Crippen LogP contribution in [0.5, 0.6) is 0 Å². The minimum atomic E-state index is -0.240. The lowest BCUT2D eigenvalue weighted by Gasteiger charge is -2.08. The van der Waals surface area contributed by atoms with Crippen LogP contribution in [-0.2, 0) is 0 Å². The molecule has 1 atom stereocenters. The lowest BCUT2D eigenvalue weighted by molar-refractivity contribution is 0.169. The predicted molar refractivity (Wildman–Crippen MR) is 126 cm³/mol. The lowest BCUT2D eigenvalue weighted by Crippen LogP contribution is -2.09. The molecule has 0 rings (SSSR count). The molecular weight excluding hydrogens is 348 g/mol. The number of rotatable bonds is 17. The molecule has 0 fully saturated rings. The number of hydrogen-bond acceptors (Lipinski definition) is 2. The quantitative estimate of drug-likeness (QED) is 0.156. The zero-order chi connectivity index (χ0) is 20.0. The second kappa shape index (κ2) is 21.1. The monoisotopic (exact) mass is 388 g/mol. The van der Waals surface area contributed by atoms with Crippen LogP contribution in [0.25, 0.3) is 0 Å². The highest BCUT2D eigenvalue weighted by molar-refractivity contribution is 7.80. The topological polar surface area (TPSA) is 20.2 Å². The molecule has 27 heavy (non-hydrogen) atoms. The van der Waals surface area contributed by atoms with Gasteiger partial charge in [-0.25, -0.2) is 0 Å². The molecule has 0 aliphatic carbocycles. The third-order valence-electron chi connectivity index (χ3n) is 4.09. The summed E-state index contributed by atoms with van der Waals surface area (Å²) in [7, 11) is 0. The van der Waals surface area contributed by atoms with Crippen molar-refractivity contribution in [2.75, 3.05) is 0 Å². The Morgan fingerprint density at radius 2 is 1.22 bits per heavy atom. The van der Waals surface area contributed by atoms with Gasteiger partial charge in [0.1, 0.15) is 0 Å². The Morgan fingerprint density at radius 1 is 0.741 bits per heavy atom. The molecule has 0 saturated carbocycles. The van der Waals surface area contributed by atoms with Crippen molar-refractivity contribution in [1.29, 1.82) is 0 Å². The van der Waals surface area contributed by atoms with Gasteiger partial charge in [-0.3, -0.25) is 0 Å². The van der Waals surface area contributed by atoms with Crippen molar-refractivity contribution in [1.82, 2.24) is 0 Å². The molecule has 0 aliphatic heterocycles. The van der Waals surface area contributed by atoms with E-state index in [1.165, 1.54) is 12.8 Å². The van der Waals surface area contributed by atoms with Crippen LogP contribution in [-0.4, -0.2) is 16.1 Å². The summed E-state index contributed by atoms with van der Waals surface area (Å²) in [6.07, 6.45) is 33.4. The second-order valence-corrected chi connectivity index (χ2v) is 7.60. The van der Waals surface area contributed by atoms with Gasteiger partial charge in [-0.2, -0.15) is 0 Å². The van der Waals surface area contributed by atoms with Gasteiger partial charge in [0.25, 0.3) is 0 Å². The molecule has 0 aromatic carbocycles. The molecule has 0 bridgehead atoms. The summed E-state index contributed by atoms with van der Waals surface area (Å²) in [5.74, 6) is 0. The summed E-state index contributed by atoms with van der Waals surface area (Å²) in [5, 5.41) is 9.74. The van der Waals surface area contributed by atoms with Crippen LogP contribution in [0.15, 0.2) is 60.8 Å². The van der Waals surface area contributed by atoms with Crippen LogP contribution in [0.2, 0.25) is 0 Å². The van der Waals surface area contributed by atoms with Gasteiger partial charge in [-0.05, 0) is 63.2 Å². The van der Waals surface area contributed by atoms with E-state index >= 15 is 0 Å². The molecule has 0 spiro atoms. The Morgan fingerprint density at radius 3 is 1.70 bits per heavy atom. The first-order valence-electron chi connectivity index (χ1n) is 10.6. The van der Waals surface area contributed by atoms with Gasteiger partial charge >= 0.3 is 0 Å². The molecule has 0 heterocycles. The van der Waals surface area contributed by atoms with E-state index < -0.39 is 0 Å². The minimum absolute atomic E-state index is 0.240. The van der Waals surface area contributed by atoms with E-state index in [1.54, 1.807) is 0 Å². The zero-order valence-corrected chi connectivity index (χ0v) is 18.3. The fourth-order valence-electron chi connectivity index (χ4n) is 2.62. The van der Waals surface area contributed by atoms with E-state index in [2.05, 4.69) is 67.7 Å². The van der Waals surface area contributed by atoms with Crippen LogP contribution in [0.1, 0.15) is 84.5 Å². The predicted octanol–water partition coefficient (Wildman–Crippen LogP) is 7.83. The third kappa shape index (κ3) is 22.7. The van der Waals surface area contributed by atoms with Crippen molar-refractivity contribution in [3.63, 3.8) is 0 Å². The molecule has 0 saturated heterocycles. The normalized spacial score (nSPS) is 13.9. The fourth-order valence-corrected chi connectivity index (χ4v) is 2.81. The molecular formula is C25H40OS. The average Bonchev–Trinajstić information content (AvgIpc) is 2.63. The van der Waals surface area contributed by atoms with Crippen molar-refractivity contribution < 1.29 is 5.11 Å². The van der Waals surface area contributed by atoms with E-state index in [0.717, 1.165) is 56.2 Å². The Balaban J connectivity index is 3.46. The summed E-state index contributed by atoms with van der Waals surface area (Å²) in [4.78, 5) is 0.904. The van der Waals surface area contributed by atoms with Gasteiger partial charge in [0.05, 0.1) is 6.10 Å². The fraction of sp³-hybridized carbons (Fsp3) is 0.560. The lowest BCUT2D eigenvalue weighted by atomic mass is 10.1. The van der Waals surface area contributed by atoms with E-state index in [1.807, 2.05) is 6.92 Å². The molecule has 0 amide bonds. The highest BCUT2D eigenvalue weighted by Crippen LogP contribution is 2.09. The molecule has 0 aromatic rings. The van der Waals surface area contributed by atoms with Crippen LogP contribution in [0, 0.1) is 0 Å². The Kier molecular flexibility index (Phi) is 20.1. The van der Waals surface area contributed by atoms with Crippen molar-refractivity contribution in [2.45, 2.75) is 90.6 Å². The molecule has 1 unspecified atom stereocenters. The first-order valence-corrected chi connectivity index (χ1v) is 11.0. The number of allylic oxidation sites excluding steroid dienone is 10. The number of aliphatic hydroxyl groups is 1. The summed E-state index contributed by atoms with van der Waals surface area (Å²) >= 11 is 5.02. The molecule has 1 nitrogen and oxygen atoms in total. The maximum absolute atomic E-state index is 9.74. The maximum atomic E-state index is 9.74. The van der Waals surface area contributed by atoms with Gasteiger partial charge in [-0.15, -0.1) is 0 Å². The Hall–Kier alpha value is -1.25. The van der Waals surface area contributed by atoms with Gasteiger partial charge in [0, 0.05) is 6.42 Å². The molecule has 0 radical (unpaired) electrons. The van der Waals surface area contributed by atoms with Crippen molar-refractivity contribution in [3.05, 3.63) is 60.8 Å². The van der Waals surface area contributed by atoms with Crippen LogP contribution < -0.4 is 0 Å². The average molecular weight is 389 g/mol. The highest BCUT2D eigenvalue weighted by atomic mass is 32.1. The summed E-state index contributed by atoms with van der Waals surface area (Å²) in [5.41, 5.74) is 0. The van der Waals surface area contributed by atoms with E-state index in [4.69, 9.17) is 12.2 Å². The highest BCUT2D eigenvalue weighted by Gasteiger charge is 2.03. The molecule has 2 heteroatoms. The van der Waals surface area contributed by atoms with Gasteiger partial charge < -0.3 is 5.11 Å². The van der Waals surface area contributed by atoms with Gasteiger partial charge in [-0.1, -0.05) is 92.7 Å². The van der Waals surface area contributed by atoms with Crippen molar-refractivity contribution in [3.8, 4) is 0 Å². The Bertz CT molecular complexity index is 483. The third-order valence-corrected chi connectivity index (χ3v) is 4.26. The molecule has 152 valence electrons. The number of aliphatic hydroxyl groups excluding tert-OH is 1. The maximum Gasteiger partial charge on any atom is 0.0585 e. The van der Waals surface area contributed by atoms with E-state index in [9.17, 15) is 5.11 Å². The summed E-state index contributed by atoms with van der Waals surface area (Å²) in [6.45, 7) is 4.06. The van der Waals surface area contributed by atoms with Crippen LogP contribution in [0.3, 0.4) is 0 Å². The first-order chi connectivity index (χ1) is 13.2. The van der Waals surface area contributed by atoms with Crippen LogP contribution in [0.4, 0.5) is 0 Å². The second-order valence-electron chi connectivity index (χ2n) is 6.91. The van der Waals surface area contributed by atoms with E-state index in [-0.39, 0.29) is 6.10 Å². The number of hydrogen-bond donors (Lipinski definition) is 1. The summed E-state index contributed by atoms with van der Waals surface area (Å²) in [6, 6.07) is 0. The number of thiocarbonyl (C=S) groups is 1. The van der Waals surface area contributed by atoms with Gasteiger partial charge in [0.15, 0.2) is 0 Å². The summed E-state index contributed by atoms with van der Waals surface area (Å²) < 4.78 is 0. The number of unbranched alkanes of at least 4 members (excludes halogenated alkanes) is 3. The molecule has 0 aromatic heterocycles. The van der Waals surface area contributed by atoms with E-state index in [0.29, 0.717) is 6.42 Å². The zero-order valence-electron chi connectivity index (χ0n) is 17.5. The first kappa shape index (κ1) is 25.8. The van der Waals surface area contributed by atoms with Crippen LogP contribution >= 0.6 is 12.2 Å². The van der Waals surface area contributed by atoms with Crippen molar-refractivity contribution >= 4 is 17.1 Å². The van der Waals surface area contributed by atoms with Crippen molar-refractivity contribution in [2.24, 2.45) is 0 Å². The minimum Gasteiger partial charge on any atom is -0.393 e. The largest absolute Gasteiger partial charge is 0.393 e.